The standard InChI is InChI=1S/C21H31N3O4/c1-4-24(14-20(26)23-21(27)28-5-2)13-19(25)22-15(3)17-11-10-16-8-6-7-9-18(16)12-17/h10-12,15H,4-9,13-14H2,1-3H3,(H,22,25)(H,23,26,27)/t15-/m1/s1. The topological polar surface area (TPSA) is 87.7 Å². The van der Waals surface area contributed by atoms with Gasteiger partial charge in [-0.15, -0.1) is 0 Å². The molecule has 0 radical (unpaired) electrons. The van der Waals surface area contributed by atoms with Gasteiger partial charge >= 0.3 is 6.09 Å². The van der Waals surface area contributed by atoms with Crippen LogP contribution in [-0.2, 0) is 27.2 Å². The maximum absolute atomic E-state index is 12.4. The summed E-state index contributed by atoms with van der Waals surface area (Å²) >= 11 is 0. The molecule has 7 nitrogen and oxygen atoms in total. The fraction of sp³-hybridized carbons (Fsp3) is 0.571. The minimum absolute atomic E-state index is 0.0457. The first-order chi connectivity index (χ1) is 13.4. The van der Waals surface area contributed by atoms with E-state index in [0.717, 1.165) is 18.4 Å². The zero-order chi connectivity index (χ0) is 20.5. The monoisotopic (exact) mass is 389 g/mol. The molecule has 0 aliphatic heterocycles. The van der Waals surface area contributed by atoms with E-state index in [1.165, 1.54) is 24.0 Å². The Balaban J connectivity index is 1.85. The largest absolute Gasteiger partial charge is 0.450 e. The van der Waals surface area contributed by atoms with Crippen molar-refractivity contribution in [2.24, 2.45) is 0 Å². The van der Waals surface area contributed by atoms with Gasteiger partial charge in [0.15, 0.2) is 0 Å². The fourth-order valence-electron chi connectivity index (χ4n) is 3.40. The van der Waals surface area contributed by atoms with Crippen LogP contribution in [0.5, 0.6) is 0 Å². The molecule has 0 heterocycles. The predicted molar refractivity (Wildman–Crippen MR) is 107 cm³/mol. The number of aryl methyl sites for hydroxylation is 2. The highest BCUT2D eigenvalue weighted by Gasteiger charge is 2.18. The van der Waals surface area contributed by atoms with Gasteiger partial charge in [-0.25, -0.2) is 4.79 Å². The molecular formula is C21H31N3O4. The van der Waals surface area contributed by atoms with E-state index < -0.39 is 12.0 Å². The van der Waals surface area contributed by atoms with Crippen LogP contribution in [0.1, 0.15) is 56.3 Å². The van der Waals surface area contributed by atoms with Crippen LogP contribution in [0, 0.1) is 0 Å². The Morgan fingerprint density at radius 3 is 2.43 bits per heavy atom. The SMILES string of the molecule is CCOC(=O)NC(=O)CN(CC)CC(=O)N[C@H](C)c1ccc2c(c1)CCCC2. The molecule has 2 rings (SSSR count). The maximum atomic E-state index is 12.4. The van der Waals surface area contributed by atoms with Crippen molar-refractivity contribution in [3.8, 4) is 0 Å². The summed E-state index contributed by atoms with van der Waals surface area (Å²) in [6.07, 6.45) is 3.93. The van der Waals surface area contributed by atoms with Gasteiger partial charge in [-0.1, -0.05) is 25.1 Å². The minimum atomic E-state index is -0.769. The lowest BCUT2D eigenvalue weighted by molar-refractivity contribution is -0.125. The van der Waals surface area contributed by atoms with Crippen LogP contribution in [0.15, 0.2) is 18.2 Å². The van der Waals surface area contributed by atoms with Crippen LogP contribution in [0.4, 0.5) is 4.79 Å². The van der Waals surface area contributed by atoms with Gasteiger partial charge in [-0.2, -0.15) is 0 Å². The number of hydrogen-bond acceptors (Lipinski definition) is 5. The third-order valence-corrected chi connectivity index (χ3v) is 4.95. The van der Waals surface area contributed by atoms with E-state index in [9.17, 15) is 14.4 Å². The number of nitrogens with one attached hydrogen (secondary N) is 2. The number of imide groups is 1. The highest BCUT2D eigenvalue weighted by atomic mass is 16.5. The van der Waals surface area contributed by atoms with Crippen molar-refractivity contribution in [3.05, 3.63) is 34.9 Å². The van der Waals surface area contributed by atoms with E-state index in [1.54, 1.807) is 11.8 Å². The fourth-order valence-corrected chi connectivity index (χ4v) is 3.40. The van der Waals surface area contributed by atoms with E-state index >= 15 is 0 Å². The number of benzene rings is 1. The Labute approximate surface area is 166 Å². The normalized spacial score (nSPS) is 14.1. The number of nitrogens with zero attached hydrogens (tertiary/aromatic N) is 1. The number of ether oxygens (including phenoxy) is 1. The molecular weight excluding hydrogens is 358 g/mol. The number of fused-ring (bicyclic) bond motifs is 1. The minimum Gasteiger partial charge on any atom is -0.450 e. The maximum Gasteiger partial charge on any atom is 0.413 e. The third kappa shape index (κ3) is 6.64. The van der Waals surface area contributed by atoms with E-state index in [-0.39, 0.29) is 31.6 Å². The summed E-state index contributed by atoms with van der Waals surface area (Å²) in [7, 11) is 0. The molecule has 0 bridgehead atoms. The summed E-state index contributed by atoms with van der Waals surface area (Å²) < 4.78 is 4.68. The van der Waals surface area contributed by atoms with Crippen molar-refractivity contribution in [1.82, 2.24) is 15.5 Å². The zero-order valence-corrected chi connectivity index (χ0v) is 17.0. The summed E-state index contributed by atoms with van der Waals surface area (Å²) in [5.74, 6) is -0.646. The quantitative estimate of drug-likeness (QED) is 0.713. The molecule has 0 saturated carbocycles. The van der Waals surface area contributed by atoms with Gasteiger partial charge in [0.1, 0.15) is 0 Å². The van der Waals surface area contributed by atoms with Gasteiger partial charge < -0.3 is 10.1 Å². The van der Waals surface area contributed by atoms with E-state index in [0.29, 0.717) is 6.54 Å². The first-order valence-electron chi connectivity index (χ1n) is 10.0. The first kappa shape index (κ1) is 21.9. The van der Waals surface area contributed by atoms with E-state index in [1.807, 2.05) is 13.8 Å². The van der Waals surface area contributed by atoms with Crippen LogP contribution >= 0.6 is 0 Å². The Hall–Kier alpha value is -2.41. The van der Waals surface area contributed by atoms with E-state index in [2.05, 4.69) is 33.6 Å². The molecule has 1 atom stereocenters. The van der Waals surface area contributed by atoms with Gasteiger partial charge in [0.25, 0.3) is 0 Å². The molecule has 2 N–H and O–H groups in total. The molecule has 0 spiro atoms. The number of alkyl carbamates (subject to hydrolysis) is 1. The highest BCUT2D eigenvalue weighted by molar-refractivity contribution is 5.93. The zero-order valence-electron chi connectivity index (χ0n) is 17.0. The average Bonchev–Trinajstić information content (AvgIpc) is 2.66. The molecule has 1 aromatic rings. The summed E-state index contributed by atoms with van der Waals surface area (Å²) in [6, 6.07) is 6.35. The molecule has 1 aliphatic carbocycles. The molecule has 0 fully saturated rings. The second kappa shape index (κ2) is 10.8. The van der Waals surface area contributed by atoms with Crippen molar-refractivity contribution in [1.29, 1.82) is 0 Å². The lowest BCUT2D eigenvalue weighted by atomic mass is 9.89. The Kier molecular flexibility index (Phi) is 8.44. The number of likely N-dealkylation sites (N-methyl/N-ethyl adjacent to an activating group) is 1. The molecule has 0 saturated heterocycles. The summed E-state index contributed by atoms with van der Waals surface area (Å²) in [5, 5.41) is 5.14. The molecule has 0 aromatic heterocycles. The van der Waals surface area contributed by atoms with Gasteiger partial charge in [0.05, 0.1) is 25.7 Å². The Morgan fingerprint density at radius 1 is 1.07 bits per heavy atom. The molecule has 7 heteroatoms. The van der Waals surface area contributed by atoms with Gasteiger partial charge in [0, 0.05) is 0 Å². The highest BCUT2D eigenvalue weighted by Crippen LogP contribution is 2.24. The Morgan fingerprint density at radius 2 is 1.75 bits per heavy atom. The Bertz CT molecular complexity index is 705. The number of rotatable bonds is 8. The number of hydrogen-bond donors (Lipinski definition) is 2. The molecule has 0 unspecified atom stereocenters. The average molecular weight is 389 g/mol. The van der Waals surface area contributed by atoms with Gasteiger partial charge in [0.2, 0.25) is 11.8 Å². The van der Waals surface area contributed by atoms with Gasteiger partial charge in [-0.3, -0.25) is 19.8 Å². The number of carbonyl (C=O) groups excluding carboxylic acids is 3. The smallest absolute Gasteiger partial charge is 0.413 e. The molecule has 3 amide bonds. The lowest BCUT2D eigenvalue weighted by Gasteiger charge is -2.22. The van der Waals surface area contributed by atoms with Crippen molar-refractivity contribution in [2.45, 2.75) is 52.5 Å². The number of carbonyl (C=O) groups is 3. The summed E-state index contributed by atoms with van der Waals surface area (Å²) in [6.45, 7) is 6.23. The summed E-state index contributed by atoms with van der Waals surface area (Å²) in [5.41, 5.74) is 3.89. The van der Waals surface area contributed by atoms with Crippen LogP contribution in [-0.4, -0.2) is 49.0 Å². The van der Waals surface area contributed by atoms with Crippen LogP contribution in [0.2, 0.25) is 0 Å². The molecule has 1 aliphatic rings. The van der Waals surface area contributed by atoms with Crippen LogP contribution < -0.4 is 10.6 Å². The van der Waals surface area contributed by atoms with Crippen LogP contribution in [0.25, 0.3) is 0 Å². The number of amides is 3. The molecule has 154 valence electrons. The van der Waals surface area contributed by atoms with Gasteiger partial charge in [-0.05, 0) is 62.8 Å². The van der Waals surface area contributed by atoms with Crippen molar-refractivity contribution in [3.63, 3.8) is 0 Å². The molecule has 1 aromatic carbocycles. The van der Waals surface area contributed by atoms with Crippen molar-refractivity contribution >= 4 is 17.9 Å². The second-order valence-electron chi connectivity index (χ2n) is 7.10. The van der Waals surface area contributed by atoms with E-state index in [4.69, 9.17) is 0 Å². The molecule has 28 heavy (non-hydrogen) atoms. The van der Waals surface area contributed by atoms with Crippen molar-refractivity contribution in [2.75, 3.05) is 26.2 Å². The first-order valence-corrected chi connectivity index (χ1v) is 10.0. The van der Waals surface area contributed by atoms with Crippen molar-refractivity contribution < 1.29 is 19.1 Å². The third-order valence-electron chi connectivity index (χ3n) is 4.95. The lowest BCUT2D eigenvalue weighted by Crippen LogP contribution is -2.44. The van der Waals surface area contributed by atoms with Crippen LogP contribution in [0.3, 0.4) is 0 Å². The predicted octanol–water partition coefficient (Wildman–Crippen LogP) is 2.34. The summed E-state index contributed by atoms with van der Waals surface area (Å²) in [4.78, 5) is 37.3. The second-order valence-corrected chi connectivity index (χ2v) is 7.10.